The number of aldehydes is 1. The average Bonchev–Trinajstić information content (AvgIpc) is 2.31. The van der Waals surface area contributed by atoms with E-state index in [0.717, 1.165) is 24.8 Å². The quantitative estimate of drug-likeness (QED) is 0.753. The van der Waals surface area contributed by atoms with Crippen LogP contribution in [0.25, 0.3) is 0 Å². The van der Waals surface area contributed by atoms with E-state index in [1.54, 1.807) is 0 Å². The van der Waals surface area contributed by atoms with Gasteiger partial charge in [-0.15, -0.1) is 0 Å². The first-order chi connectivity index (χ1) is 8.19. The highest BCUT2D eigenvalue weighted by molar-refractivity contribution is 5.76. The highest BCUT2D eigenvalue weighted by Crippen LogP contribution is 2.28. The summed E-state index contributed by atoms with van der Waals surface area (Å²) in [6.07, 6.45) is 5.66. The number of hydrogen-bond acceptors (Lipinski definition) is 3. The minimum atomic E-state index is 0.238. The maximum atomic E-state index is 10.9. The van der Waals surface area contributed by atoms with Crippen molar-refractivity contribution in [3.63, 3.8) is 0 Å². The lowest BCUT2D eigenvalue weighted by Crippen LogP contribution is -2.24. The van der Waals surface area contributed by atoms with Crippen LogP contribution in [-0.4, -0.2) is 17.4 Å². The van der Waals surface area contributed by atoms with Gasteiger partial charge in [-0.25, -0.2) is 4.98 Å². The molecular weight excluding hydrogens is 214 g/mol. The van der Waals surface area contributed by atoms with Crippen molar-refractivity contribution in [1.29, 1.82) is 0 Å². The summed E-state index contributed by atoms with van der Waals surface area (Å²) in [7, 11) is 0. The van der Waals surface area contributed by atoms with E-state index in [0.29, 0.717) is 17.4 Å². The standard InChI is InChI=1S/C14H19NO2/c1-10-4-3-5-12(8-10)17-14-7-6-11(2)15-13(14)9-16/h6-7,9-10,12H,3-5,8H2,1-2H3. The second kappa shape index (κ2) is 5.30. The van der Waals surface area contributed by atoms with Crippen LogP contribution in [0, 0.1) is 12.8 Å². The van der Waals surface area contributed by atoms with Crippen LogP contribution in [0.4, 0.5) is 0 Å². The number of aromatic nitrogens is 1. The summed E-state index contributed by atoms with van der Waals surface area (Å²) < 4.78 is 5.91. The molecule has 92 valence electrons. The normalized spacial score (nSPS) is 24.4. The second-order valence-electron chi connectivity index (χ2n) is 4.97. The zero-order valence-electron chi connectivity index (χ0n) is 10.5. The van der Waals surface area contributed by atoms with Gasteiger partial charge >= 0.3 is 0 Å². The van der Waals surface area contributed by atoms with Crippen molar-refractivity contribution in [3.8, 4) is 5.75 Å². The van der Waals surface area contributed by atoms with E-state index >= 15 is 0 Å². The van der Waals surface area contributed by atoms with Gasteiger partial charge in [-0.05, 0) is 44.2 Å². The number of aryl methyl sites for hydroxylation is 1. The van der Waals surface area contributed by atoms with E-state index in [1.165, 1.54) is 12.8 Å². The van der Waals surface area contributed by atoms with Crippen LogP contribution in [-0.2, 0) is 0 Å². The topological polar surface area (TPSA) is 39.2 Å². The SMILES string of the molecule is Cc1ccc(OC2CCCC(C)C2)c(C=O)n1. The molecule has 3 heteroatoms. The predicted molar refractivity (Wildman–Crippen MR) is 66.4 cm³/mol. The molecule has 0 bridgehead atoms. The second-order valence-corrected chi connectivity index (χ2v) is 4.97. The molecule has 1 saturated carbocycles. The Bertz CT molecular complexity index is 403. The summed E-state index contributed by atoms with van der Waals surface area (Å²) in [5.41, 5.74) is 1.26. The lowest BCUT2D eigenvalue weighted by Gasteiger charge is -2.27. The van der Waals surface area contributed by atoms with Gasteiger partial charge < -0.3 is 4.74 Å². The average molecular weight is 233 g/mol. The number of pyridine rings is 1. The first kappa shape index (κ1) is 12.1. The van der Waals surface area contributed by atoms with E-state index in [4.69, 9.17) is 4.74 Å². The molecule has 1 aliphatic carbocycles. The van der Waals surface area contributed by atoms with E-state index in [9.17, 15) is 4.79 Å². The van der Waals surface area contributed by atoms with Gasteiger partial charge in [-0.1, -0.05) is 13.3 Å². The van der Waals surface area contributed by atoms with E-state index < -0.39 is 0 Å². The number of hydrogen-bond donors (Lipinski definition) is 0. The van der Waals surface area contributed by atoms with Crippen molar-refractivity contribution in [1.82, 2.24) is 4.98 Å². The third kappa shape index (κ3) is 3.05. The molecule has 17 heavy (non-hydrogen) atoms. The molecule has 0 amide bonds. The van der Waals surface area contributed by atoms with E-state index in [2.05, 4.69) is 11.9 Å². The number of carbonyl (C=O) groups is 1. The van der Waals surface area contributed by atoms with Gasteiger partial charge in [0.2, 0.25) is 0 Å². The zero-order chi connectivity index (χ0) is 12.3. The van der Waals surface area contributed by atoms with Crippen molar-refractivity contribution >= 4 is 6.29 Å². The number of rotatable bonds is 3. The molecule has 0 saturated heterocycles. The molecule has 1 heterocycles. The molecule has 0 radical (unpaired) electrons. The van der Waals surface area contributed by atoms with Crippen molar-refractivity contribution in [2.45, 2.75) is 45.6 Å². The number of carbonyl (C=O) groups excluding carboxylic acids is 1. The lowest BCUT2D eigenvalue weighted by molar-refractivity contribution is 0.109. The summed E-state index contributed by atoms with van der Waals surface area (Å²) in [6.45, 7) is 4.13. The predicted octanol–water partition coefficient (Wildman–Crippen LogP) is 3.16. The molecule has 3 nitrogen and oxygen atoms in total. The van der Waals surface area contributed by atoms with Gasteiger partial charge in [0, 0.05) is 5.69 Å². The third-order valence-electron chi connectivity index (χ3n) is 3.32. The van der Waals surface area contributed by atoms with E-state index in [1.807, 2.05) is 19.1 Å². The largest absolute Gasteiger partial charge is 0.488 e. The smallest absolute Gasteiger partial charge is 0.172 e. The zero-order valence-corrected chi connectivity index (χ0v) is 10.5. The summed E-state index contributed by atoms with van der Waals surface area (Å²) in [6, 6.07) is 3.74. The number of ether oxygens (including phenoxy) is 1. The first-order valence-corrected chi connectivity index (χ1v) is 6.28. The van der Waals surface area contributed by atoms with E-state index in [-0.39, 0.29) is 6.10 Å². The molecule has 1 aromatic rings. The van der Waals surface area contributed by atoms with Gasteiger partial charge in [0.1, 0.15) is 11.4 Å². The van der Waals surface area contributed by atoms with Gasteiger partial charge in [-0.2, -0.15) is 0 Å². The summed E-state index contributed by atoms with van der Waals surface area (Å²) in [5.74, 6) is 1.34. The lowest BCUT2D eigenvalue weighted by atomic mass is 9.89. The van der Waals surface area contributed by atoms with Crippen LogP contribution in [0.2, 0.25) is 0 Å². The summed E-state index contributed by atoms with van der Waals surface area (Å²) in [4.78, 5) is 15.1. The summed E-state index contributed by atoms with van der Waals surface area (Å²) >= 11 is 0. The Morgan fingerprint density at radius 2 is 2.24 bits per heavy atom. The van der Waals surface area contributed by atoms with Gasteiger partial charge in [0.15, 0.2) is 6.29 Å². The van der Waals surface area contributed by atoms with Crippen molar-refractivity contribution < 1.29 is 9.53 Å². The molecule has 1 aromatic heterocycles. The third-order valence-corrected chi connectivity index (χ3v) is 3.32. The minimum absolute atomic E-state index is 0.238. The molecule has 0 aliphatic heterocycles. The molecule has 0 N–H and O–H groups in total. The Labute approximate surface area is 102 Å². The summed E-state index contributed by atoms with van der Waals surface area (Å²) in [5, 5.41) is 0. The fourth-order valence-corrected chi connectivity index (χ4v) is 2.41. The monoisotopic (exact) mass is 233 g/mol. The Morgan fingerprint density at radius 3 is 2.94 bits per heavy atom. The maximum absolute atomic E-state index is 10.9. The van der Waals surface area contributed by atoms with Crippen LogP contribution in [0.15, 0.2) is 12.1 Å². The molecule has 2 atom stereocenters. The molecule has 1 aliphatic rings. The van der Waals surface area contributed by atoms with Crippen LogP contribution < -0.4 is 4.74 Å². The number of nitrogens with zero attached hydrogens (tertiary/aromatic N) is 1. The maximum Gasteiger partial charge on any atom is 0.172 e. The Balaban J connectivity index is 2.09. The fourth-order valence-electron chi connectivity index (χ4n) is 2.41. The van der Waals surface area contributed by atoms with Crippen LogP contribution >= 0.6 is 0 Å². The molecule has 2 unspecified atom stereocenters. The molecule has 0 aromatic carbocycles. The Morgan fingerprint density at radius 1 is 1.41 bits per heavy atom. The van der Waals surface area contributed by atoms with Crippen LogP contribution in [0.5, 0.6) is 5.75 Å². The van der Waals surface area contributed by atoms with Crippen LogP contribution in [0.1, 0.15) is 48.8 Å². The van der Waals surface area contributed by atoms with Crippen molar-refractivity contribution in [3.05, 3.63) is 23.5 Å². The van der Waals surface area contributed by atoms with Gasteiger partial charge in [0.25, 0.3) is 0 Å². The molecule has 0 spiro atoms. The minimum Gasteiger partial charge on any atom is -0.488 e. The first-order valence-electron chi connectivity index (χ1n) is 6.28. The fraction of sp³-hybridized carbons (Fsp3) is 0.571. The van der Waals surface area contributed by atoms with Crippen LogP contribution in [0.3, 0.4) is 0 Å². The molecular formula is C14H19NO2. The molecule has 2 rings (SSSR count). The molecule has 1 fully saturated rings. The Kier molecular flexibility index (Phi) is 3.77. The van der Waals surface area contributed by atoms with Crippen molar-refractivity contribution in [2.75, 3.05) is 0 Å². The highest BCUT2D eigenvalue weighted by atomic mass is 16.5. The highest BCUT2D eigenvalue weighted by Gasteiger charge is 2.21. The van der Waals surface area contributed by atoms with Gasteiger partial charge in [0.05, 0.1) is 6.10 Å². The Hall–Kier alpha value is -1.38. The van der Waals surface area contributed by atoms with Gasteiger partial charge in [-0.3, -0.25) is 4.79 Å². The van der Waals surface area contributed by atoms with Crippen molar-refractivity contribution in [2.24, 2.45) is 5.92 Å².